The summed E-state index contributed by atoms with van der Waals surface area (Å²) in [6, 6.07) is 3.87. The van der Waals surface area contributed by atoms with E-state index in [-0.39, 0.29) is 5.97 Å². The fourth-order valence-electron chi connectivity index (χ4n) is 1.88. The molecule has 1 aromatic carbocycles. The monoisotopic (exact) mass is 280 g/mol. The van der Waals surface area contributed by atoms with Gasteiger partial charge in [0.2, 0.25) is 0 Å². The number of ether oxygens (including phenoxy) is 2. The molecule has 0 aliphatic rings. The zero-order chi connectivity index (χ0) is 15.3. The molecule has 0 spiro atoms. The molecule has 112 valence electrons. The number of carbonyl (C=O) groups is 1. The number of hydrogen-bond donors (Lipinski definition) is 1. The van der Waals surface area contributed by atoms with Gasteiger partial charge in [-0.2, -0.15) is 0 Å². The van der Waals surface area contributed by atoms with Gasteiger partial charge in [0.25, 0.3) is 0 Å². The lowest BCUT2D eigenvalue weighted by Crippen LogP contribution is -3.06. The molecule has 0 bridgehead atoms. The average molecular weight is 280 g/mol. The summed E-state index contributed by atoms with van der Waals surface area (Å²) in [6.45, 7) is 9.17. The fourth-order valence-corrected chi connectivity index (χ4v) is 1.88. The highest BCUT2D eigenvalue weighted by atomic mass is 16.5. The van der Waals surface area contributed by atoms with Crippen LogP contribution in [0.1, 0.15) is 37.8 Å². The maximum Gasteiger partial charge on any atom is 0.308 e. The minimum absolute atomic E-state index is 0.298. The van der Waals surface area contributed by atoms with Crippen LogP contribution in [0.4, 0.5) is 0 Å². The van der Waals surface area contributed by atoms with Crippen molar-refractivity contribution in [1.82, 2.24) is 0 Å². The second-order valence-electron chi connectivity index (χ2n) is 5.71. The predicted octanol–water partition coefficient (Wildman–Crippen LogP) is 1.57. The van der Waals surface area contributed by atoms with E-state index < -0.39 is 0 Å². The quantitative estimate of drug-likeness (QED) is 0.635. The second kappa shape index (κ2) is 7.29. The molecule has 0 aliphatic carbocycles. The van der Waals surface area contributed by atoms with Gasteiger partial charge in [-0.15, -0.1) is 0 Å². The van der Waals surface area contributed by atoms with E-state index in [1.165, 1.54) is 11.8 Å². The molecule has 4 nitrogen and oxygen atoms in total. The van der Waals surface area contributed by atoms with Crippen molar-refractivity contribution < 1.29 is 19.2 Å². The Bertz CT molecular complexity index is 467. The van der Waals surface area contributed by atoms with Crippen molar-refractivity contribution in [2.75, 3.05) is 27.2 Å². The van der Waals surface area contributed by atoms with Gasteiger partial charge in [0.1, 0.15) is 24.7 Å². The first-order valence-corrected chi connectivity index (χ1v) is 7.06. The summed E-state index contributed by atoms with van der Waals surface area (Å²) in [6.07, 6.45) is 0. The molecule has 0 saturated heterocycles. The Labute approximate surface area is 121 Å². The Morgan fingerprint density at radius 2 is 1.90 bits per heavy atom. The van der Waals surface area contributed by atoms with E-state index in [0.29, 0.717) is 18.3 Å². The van der Waals surface area contributed by atoms with Gasteiger partial charge in [0, 0.05) is 12.5 Å². The number of aryl methyl sites for hydroxylation is 1. The largest absolute Gasteiger partial charge is 0.487 e. The highest BCUT2D eigenvalue weighted by Gasteiger charge is 2.14. The van der Waals surface area contributed by atoms with Gasteiger partial charge < -0.3 is 14.4 Å². The van der Waals surface area contributed by atoms with Crippen molar-refractivity contribution in [3.05, 3.63) is 23.3 Å². The van der Waals surface area contributed by atoms with E-state index in [2.05, 4.69) is 27.9 Å². The third-order valence-corrected chi connectivity index (χ3v) is 3.04. The van der Waals surface area contributed by atoms with Crippen LogP contribution in [-0.2, 0) is 4.79 Å². The lowest BCUT2D eigenvalue weighted by molar-refractivity contribution is -0.858. The minimum atomic E-state index is -0.298. The van der Waals surface area contributed by atoms with Crippen LogP contribution >= 0.6 is 0 Å². The molecule has 0 amide bonds. The first kappa shape index (κ1) is 16.5. The first-order chi connectivity index (χ1) is 9.31. The smallest absolute Gasteiger partial charge is 0.308 e. The summed E-state index contributed by atoms with van der Waals surface area (Å²) < 4.78 is 11.1. The van der Waals surface area contributed by atoms with Crippen LogP contribution in [-0.4, -0.2) is 33.2 Å². The van der Waals surface area contributed by atoms with Crippen LogP contribution in [0.3, 0.4) is 0 Å². The van der Waals surface area contributed by atoms with Crippen LogP contribution in [0.15, 0.2) is 12.1 Å². The lowest BCUT2D eigenvalue weighted by atomic mass is 10.00. The van der Waals surface area contributed by atoms with Crippen LogP contribution in [0.2, 0.25) is 0 Å². The molecule has 4 heteroatoms. The van der Waals surface area contributed by atoms with Crippen molar-refractivity contribution in [2.45, 2.75) is 33.6 Å². The number of esters is 1. The molecule has 1 aromatic rings. The van der Waals surface area contributed by atoms with E-state index in [0.717, 1.165) is 23.4 Å². The third kappa shape index (κ3) is 4.85. The molecular weight excluding hydrogens is 254 g/mol. The van der Waals surface area contributed by atoms with Gasteiger partial charge in [-0.1, -0.05) is 13.8 Å². The van der Waals surface area contributed by atoms with Crippen LogP contribution < -0.4 is 14.4 Å². The Kier molecular flexibility index (Phi) is 6.02. The fraction of sp³-hybridized carbons (Fsp3) is 0.562. The highest BCUT2D eigenvalue weighted by molar-refractivity contribution is 5.70. The van der Waals surface area contributed by atoms with Gasteiger partial charge in [0.15, 0.2) is 0 Å². The molecule has 0 saturated carbocycles. The van der Waals surface area contributed by atoms with Gasteiger partial charge in [-0.25, -0.2) is 0 Å². The van der Waals surface area contributed by atoms with E-state index in [1.54, 1.807) is 0 Å². The minimum Gasteiger partial charge on any atom is -0.487 e. The number of benzene rings is 1. The van der Waals surface area contributed by atoms with Gasteiger partial charge in [-0.3, -0.25) is 4.79 Å². The number of nitrogens with one attached hydrogen (secondary N) is 1. The summed E-state index contributed by atoms with van der Waals surface area (Å²) in [7, 11) is 4.20. The van der Waals surface area contributed by atoms with Crippen LogP contribution in [0.5, 0.6) is 11.5 Å². The van der Waals surface area contributed by atoms with Crippen molar-refractivity contribution in [3.63, 3.8) is 0 Å². The molecule has 0 aliphatic heterocycles. The Hall–Kier alpha value is -1.55. The topological polar surface area (TPSA) is 40.0 Å². The molecule has 0 atom stereocenters. The number of carbonyl (C=O) groups excluding carboxylic acids is 1. The van der Waals surface area contributed by atoms with Gasteiger partial charge in [-0.05, 0) is 30.5 Å². The van der Waals surface area contributed by atoms with Gasteiger partial charge >= 0.3 is 5.97 Å². The third-order valence-electron chi connectivity index (χ3n) is 3.04. The Morgan fingerprint density at radius 3 is 2.40 bits per heavy atom. The standard InChI is InChI=1S/C16H25NO3/c1-11(2)14-10-15(20-13(4)18)12(3)9-16(14)19-8-7-17(5)6/h9-11H,7-8H2,1-6H3/p+1. The molecular formula is C16H26NO3+. The van der Waals surface area contributed by atoms with E-state index in [1.807, 2.05) is 19.1 Å². The summed E-state index contributed by atoms with van der Waals surface area (Å²) in [5.74, 6) is 1.51. The molecule has 0 heterocycles. The van der Waals surface area contributed by atoms with Crippen LogP contribution in [0.25, 0.3) is 0 Å². The average Bonchev–Trinajstić information content (AvgIpc) is 2.30. The maximum atomic E-state index is 11.1. The SMILES string of the molecule is CC(=O)Oc1cc(C(C)C)c(OCC[NH+](C)C)cc1C. The number of rotatable bonds is 6. The molecule has 0 fully saturated rings. The zero-order valence-corrected chi connectivity index (χ0v) is 13.4. The number of hydrogen-bond acceptors (Lipinski definition) is 3. The summed E-state index contributed by atoms with van der Waals surface area (Å²) in [5.41, 5.74) is 1.98. The zero-order valence-electron chi connectivity index (χ0n) is 13.4. The van der Waals surface area contributed by atoms with Crippen molar-refractivity contribution in [2.24, 2.45) is 0 Å². The molecule has 20 heavy (non-hydrogen) atoms. The Balaban J connectivity index is 2.98. The van der Waals surface area contributed by atoms with Crippen molar-refractivity contribution in [1.29, 1.82) is 0 Å². The lowest BCUT2D eigenvalue weighted by Gasteiger charge is -2.17. The maximum absolute atomic E-state index is 11.1. The highest BCUT2D eigenvalue weighted by Crippen LogP contribution is 2.33. The van der Waals surface area contributed by atoms with E-state index >= 15 is 0 Å². The molecule has 0 radical (unpaired) electrons. The molecule has 0 unspecified atom stereocenters. The summed E-state index contributed by atoms with van der Waals surface area (Å²) >= 11 is 0. The Morgan fingerprint density at radius 1 is 1.25 bits per heavy atom. The normalized spacial score (nSPS) is 11.0. The second-order valence-corrected chi connectivity index (χ2v) is 5.71. The number of quaternary nitrogens is 1. The summed E-state index contributed by atoms with van der Waals surface area (Å²) in [4.78, 5) is 12.5. The van der Waals surface area contributed by atoms with E-state index in [4.69, 9.17) is 9.47 Å². The molecule has 1 rings (SSSR count). The first-order valence-electron chi connectivity index (χ1n) is 7.06. The van der Waals surface area contributed by atoms with Crippen LogP contribution in [0, 0.1) is 6.92 Å². The number of likely N-dealkylation sites (N-methyl/N-ethyl adjacent to an activating group) is 1. The predicted molar refractivity (Wildman–Crippen MR) is 79.7 cm³/mol. The van der Waals surface area contributed by atoms with E-state index in [9.17, 15) is 4.79 Å². The van der Waals surface area contributed by atoms with Crippen molar-refractivity contribution >= 4 is 5.97 Å². The van der Waals surface area contributed by atoms with Crippen molar-refractivity contribution in [3.8, 4) is 11.5 Å². The molecule has 0 aromatic heterocycles. The van der Waals surface area contributed by atoms with Gasteiger partial charge in [0.05, 0.1) is 14.1 Å². The summed E-state index contributed by atoms with van der Waals surface area (Å²) in [5, 5.41) is 0. The molecule has 1 N–H and O–H groups in total.